The van der Waals surface area contributed by atoms with E-state index in [1.54, 1.807) is 6.07 Å². The first-order valence-corrected chi connectivity index (χ1v) is 6.61. The van der Waals surface area contributed by atoms with Gasteiger partial charge < -0.3 is 4.98 Å². The first-order chi connectivity index (χ1) is 8.54. The van der Waals surface area contributed by atoms with Gasteiger partial charge >= 0.3 is 0 Å². The number of hydrogen-bond donors (Lipinski definition) is 1. The van der Waals surface area contributed by atoms with E-state index in [1.807, 2.05) is 6.07 Å². The number of fused-ring (bicyclic) bond motifs is 4. The Morgan fingerprint density at radius 1 is 1.44 bits per heavy atom. The second kappa shape index (κ2) is 3.71. The Morgan fingerprint density at radius 3 is 2.94 bits per heavy atom. The largest absolute Gasteiger partial charge is 0.326 e. The lowest BCUT2D eigenvalue weighted by molar-refractivity contribution is 0.428. The summed E-state index contributed by atoms with van der Waals surface area (Å²) in [7, 11) is 0. The number of aromatic nitrogens is 1. The van der Waals surface area contributed by atoms with Crippen molar-refractivity contribution < 1.29 is 0 Å². The van der Waals surface area contributed by atoms with Crippen molar-refractivity contribution >= 4 is 0 Å². The van der Waals surface area contributed by atoms with Gasteiger partial charge in [0.1, 0.15) is 0 Å². The highest BCUT2D eigenvalue weighted by Crippen LogP contribution is 2.50. The van der Waals surface area contributed by atoms with Crippen LogP contribution in [0.2, 0.25) is 0 Å². The fourth-order valence-corrected chi connectivity index (χ4v) is 3.93. The van der Waals surface area contributed by atoms with Crippen LogP contribution in [0, 0.1) is 5.92 Å². The Hall–Kier alpha value is -1.57. The minimum atomic E-state index is 0.0139. The Morgan fingerprint density at radius 2 is 2.22 bits per heavy atom. The lowest BCUT2D eigenvalue weighted by Crippen LogP contribution is -2.39. The molecule has 2 aliphatic carbocycles. The van der Waals surface area contributed by atoms with Gasteiger partial charge in [0.2, 0.25) is 5.56 Å². The molecule has 0 saturated carbocycles. The Balaban J connectivity index is 2.28. The maximum atomic E-state index is 11.5. The lowest BCUT2D eigenvalue weighted by atomic mass is 9.59. The van der Waals surface area contributed by atoms with Gasteiger partial charge in [0.15, 0.2) is 0 Å². The van der Waals surface area contributed by atoms with Crippen LogP contribution in [0.25, 0.3) is 0 Å². The third-order valence-corrected chi connectivity index (χ3v) is 4.48. The Labute approximate surface area is 107 Å². The predicted octanol–water partition coefficient (Wildman–Crippen LogP) is 3.10. The summed E-state index contributed by atoms with van der Waals surface area (Å²) in [6.07, 6.45) is 6.62. The van der Waals surface area contributed by atoms with E-state index in [-0.39, 0.29) is 11.0 Å². The standard InChI is InChI=1S/C16H19NO/c1-4-12-11-7-10(2)9-16(12,3)13-5-6-15(18)17-14(13)8-11/h4-7,11H,8-9H2,1-3H3,(H,17,18). The number of nitrogens with one attached hydrogen (secondary N) is 1. The fraction of sp³-hybridized carbons (Fsp3) is 0.438. The van der Waals surface area contributed by atoms with Crippen LogP contribution in [-0.2, 0) is 11.8 Å². The number of H-pyrrole nitrogens is 1. The molecule has 1 N–H and O–H groups in total. The van der Waals surface area contributed by atoms with Crippen molar-refractivity contribution in [1.82, 2.24) is 4.98 Å². The van der Waals surface area contributed by atoms with E-state index in [4.69, 9.17) is 0 Å². The molecule has 18 heavy (non-hydrogen) atoms. The molecule has 1 aromatic rings. The monoisotopic (exact) mass is 241 g/mol. The average Bonchev–Trinajstić information content (AvgIpc) is 2.26. The summed E-state index contributed by atoms with van der Waals surface area (Å²) in [6, 6.07) is 3.68. The number of pyridine rings is 1. The molecule has 94 valence electrons. The second-order valence-electron chi connectivity index (χ2n) is 5.79. The number of hydrogen-bond acceptors (Lipinski definition) is 1. The molecule has 2 bridgehead atoms. The zero-order valence-electron chi connectivity index (χ0n) is 11.2. The van der Waals surface area contributed by atoms with Crippen molar-refractivity contribution in [1.29, 1.82) is 0 Å². The molecule has 0 amide bonds. The van der Waals surface area contributed by atoms with E-state index >= 15 is 0 Å². The topological polar surface area (TPSA) is 32.9 Å². The van der Waals surface area contributed by atoms with Crippen LogP contribution in [-0.4, -0.2) is 4.98 Å². The minimum Gasteiger partial charge on any atom is -0.326 e. The fourth-order valence-electron chi connectivity index (χ4n) is 3.93. The number of allylic oxidation sites excluding steroid dienone is 4. The molecule has 0 saturated heterocycles. The molecule has 2 heteroatoms. The molecule has 2 unspecified atom stereocenters. The lowest BCUT2D eigenvalue weighted by Gasteiger charge is -2.45. The molecule has 2 nitrogen and oxygen atoms in total. The first-order valence-electron chi connectivity index (χ1n) is 6.61. The van der Waals surface area contributed by atoms with Crippen LogP contribution in [0.15, 0.2) is 40.2 Å². The van der Waals surface area contributed by atoms with Gasteiger partial charge in [-0.15, -0.1) is 0 Å². The molecular formula is C16H19NO. The molecule has 0 aromatic carbocycles. The van der Waals surface area contributed by atoms with Gasteiger partial charge in [-0.2, -0.15) is 0 Å². The summed E-state index contributed by atoms with van der Waals surface area (Å²) in [5, 5.41) is 0. The van der Waals surface area contributed by atoms with E-state index < -0.39 is 0 Å². The molecule has 0 spiro atoms. The van der Waals surface area contributed by atoms with Gasteiger partial charge in [0.05, 0.1) is 0 Å². The maximum Gasteiger partial charge on any atom is 0.248 e. The van der Waals surface area contributed by atoms with Crippen molar-refractivity contribution in [2.45, 2.75) is 39.0 Å². The normalized spacial score (nSPS) is 32.1. The minimum absolute atomic E-state index is 0.0139. The molecular weight excluding hydrogens is 222 g/mol. The van der Waals surface area contributed by atoms with Gasteiger partial charge in [-0.1, -0.05) is 36.3 Å². The zero-order valence-corrected chi connectivity index (χ0v) is 11.2. The third-order valence-electron chi connectivity index (χ3n) is 4.48. The molecule has 3 rings (SSSR count). The van der Waals surface area contributed by atoms with Crippen molar-refractivity contribution in [2.24, 2.45) is 5.92 Å². The number of aromatic amines is 1. The quantitative estimate of drug-likeness (QED) is 0.696. The SMILES string of the molecule is CC=C1C2C=C(C)CC1(C)c1ccc(=O)[nH]c1C2. The van der Waals surface area contributed by atoms with E-state index in [0.29, 0.717) is 5.92 Å². The highest BCUT2D eigenvalue weighted by Gasteiger charge is 2.42. The summed E-state index contributed by atoms with van der Waals surface area (Å²) in [6.45, 7) is 6.66. The summed E-state index contributed by atoms with van der Waals surface area (Å²) in [5.41, 5.74) is 5.48. The van der Waals surface area contributed by atoms with Crippen LogP contribution in [0.3, 0.4) is 0 Å². The number of rotatable bonds is 0. The van der Waals surface area contributed by atoms with E-state index in [0.717, 1.165) is 18.5 Å². The highest BCUT2D eigenvalue weighted by atomic mass is 16.1. The Kier molecular flexibility index (Phi) is 2.37. The van der Waals surface area contributed by atoms with Crippen LogP contribution in [0.4, 0.5) is 0 Å². The van der Waals surface area contributed by atoms with Crippen LogP contribution in [0.5, 0.6) is 0 Å². The first kappa shape index (κ1) is 11.5. The summed E-state index contributed by atoms with van der Waals surface area (Å²) in [4.78, 5) is 14.5. The van der Waals surface area contributed by atoms with Gasteiger partial charge in [-0.25, -0.2) is 0 Å². The van der Waals surface area contributed by atoms with Crippen LogP contribution < -0.4 is 5.56 Å². The molecule has 1 aromatic heterocycles. The molecule has 1 heterocycles. The van der Waals surface area contributed by atoms with E-state index in [2.05, 4.69) is 37.9 Å². The maximum absolute atomic E-state index is 11.5. The highest BCUT2D eigenvalue weighted by molar-refractivity contribution is 5.49. The predicted molar refractivity (Wildman–Crippen MR) is 73.7 cm³/mol. The average molecular weight is 241 g/mol. The van der Waals surface area contributed by atoms with Crippen molar-refractivity contribution in [2.75, 3.05) is 0 Å². The second-order valence-corrected chi connectivity index (χ2v) is 5.79. The smallest absolute Gasteiger partial charge is 0.248 e. The summed E-state index contributed by atoms with van der Waals surface area (Å²) >= 11 is 0. The zero-order chi connectivity index (χ0) is 12.9. The van der Waals surface area contributed by atoms with E-state index in [9.17, 15) is 4.79 Å². The molecule has 0 radical (unpaired) electrons. The molecule has 2 aliphatic rings. The van der Waals surface area contributed by atoms with Gasteiger partial charge in [-0.3, -0.25) is 4.79 Å². The molecule has 0 fully saturated rings. The van der Waals surface area contributed by atoms with Gasteiger partial charge in [-0.05, 0) is 32.3 Å². The van der Waals surface area contributed by atoms with Gasteiger partial charge in [0.25, 0.3) is 0 Å². The summed E-state index contributed by atoms with van der Waals surface area (Å²) < 4.78 is 0. The van der Waals surface area contributed by atoms with Crippen molar-refractivity contribution in [3.8, 4) is 0 Å². The third kappa shape index (κ3) is 1.45. The van der Waals surface area contributed by atoms with Crippen LogP contribution >= 0.6 is 0 Å². The van der Waals surface area contributed by atoms with Crippen molar-refractivity contribution in [3.63, 3.8) is 0 Å². The van der Waals surface area contributed by atoms with Crippen LogP contribution in [0.1, 0.15) is 38.4 Å². The Bertz CT molecular complexity index is 620. The summed E-state index contributed by atoms with van der Waals surface area (Å²) in [5.74, 6) is 0.458. The molecule has 2 atom stereocenters. The molecule has 0 aliphatic heterocycles. The van der Waals surface area contributed by atoms with E-state index in [1.165, 1.54) is 16.7 Å². The van der Waals surface area contributed by atoms with Crippen molar-refractivity contribution in [3.05, 3.63) is 57.0 Å². The van der Waals surface area contributed by atoms with Gasteiger partial charge in [0, 0.05) is 23.1 Å².